The third kappa shape index (κ3) is 7.31. The van der Waals surface area contributed by atoms with E-state index in [0.717, 1.165) is 15.3 Å². The van der Waals surface area contributed by atoms with E-state index in [0.29, 0.717) is 11.3 Å². The Bertz CT molecular complexity index is 1110. The maximum absolute atomic E-state index is 13.2. The van der Waals surface area contributed by atoms with Gasteiger partial charge in [-0.15, -0.1) is 22.7 Å². The first-order valence-corrected chi connectivity index (χ1v) is 12.0. The van der Waals surface area contributed by atoms with Crippen LogP contribution in [0.4, 0.5) is 4.39 Å². The summed E-state index contributed by atoms with van der Waals surface area (Å²) < 4.78 is 18.3. The molecule has 0 unspecified atom stereocenters. The lowest BCUT2D eigenvalue weighted by molar-refractivity contribution is -0.141. The Balaban J connectivity index is 1.68. The normalized spacial score (nSPS) is 12.3. The topological polar surface area (TPSA) is 98.5 Å². The molecule has 0 aliphatic heterocycles. The van der Waals surface area contributed by atoms with Crippen LogP contribution >= 0.6 is 22.7 Å². The number of nitrogens with one attached hydrogen (secondary N) is 1. The van der Waals surface area contributed by atoms with Crippen molar-refractivity contribution in [3.63, 3.8) is 0 Å². The zero-order valence-corrected chi connectivity index (χ0v) is 19.9. The fraction of sp³-hybridized carbons (Fsp3) is 0.292. The van der Waals surface area contributed by atoms with Gasteiger partial charge in [0, 0.05) is 21.7 Å². The van der Waals surface area contributed by atoms with Crippen LogP contribution < -0.4 is 11.1 Å². The number of rotatable bonds is 10. The molecule has 0 bridgehead atoms. The summed E-state index contributed by atoms with van der Waals surface area (Å²) in [5.41, 5.74) is 5.52. The van der Waals surface area contributed by atoms with Crippen molar-refractivity contribution in [1.82, 2.24) is 5.32 Å². The van der Waals surface area contributed by atoms with Crippen LogP contribution in [0.25, 0.3) is 9.75 Å². The van der Waals surface area contributed by atoms with E-state index in [-0.39, 0.29) is 18.7 Å². The van der Waals surface area contributed by atoms with Crippen LogP contribution in [0, 0.1) is 5.82 Å². The van der Waals surface area contributed by atoms with E-state index in [9.17, 15) is 18.8 Å². The van der Waals surface area contributed by atoms with Crippen LogP contribution in [0.15, 0.2) is 53.9 Å². The van der Waals surface area contributed by atoms with E-state index in [1.54, 1.807) is 29.5 Å². The number of hydrogen-bond acceptors (Lipinski definition) is 7. The number of carbonyl (C=O) groups excluding carboxylic acids is 3. The highest BCUT2D eigenvalue weighted by Gasteiger charge is 2.30. The molecule has 3 N–H and O–H groups in total. The Morgan fingerprint density at radius 2 is 1.82 bits per heavy atom. The zero-order chi connectivity index (χ0) is 24.0. The number of primary amides is 1. The number of nitrogens with two attached hydrogens (primary N) is 1. The van der Waals surface area contributed by atoms with Gasteiger partial charge in [0.05, 0.1) is 0 Å². The van der Waals surface area contributed by atoms with Crippen LogP contribution in [0.2, 0.25) is 0 Å². The van der Waals surface area contributed by atoms with Crippen molar-refractivity contribution in [2.45, 2.75) is 44.7 Å². The minimum atomic E-state index is -0.923. The minimum absolute atomic E-state index is 0.0465. The van der Waals surface area contributed by atoms with Crippen LogP contribution in [0.1, 0.15) is 41.9 Å². The van der Waals surface area contributed by atoms with Gasteiger partial charge in [-0.25, -0.2) is 14.0 Å². The number of benzene rings is 1. The number of esters is 2. The van der Waals surface area contributed by atoms with E-state index in [1.165, 1.54) is 23.5 Å². The number of ether oxygens (including phenoxy) is 1. The average Bonchev–Trinajstić information content (AvgIpc) is 3.44. The number of hydrogen-bond donors (Lipinski definition) is 2. The number of carbonyl (C=O) groups is 3. The first kappa shape index (κ1) is 24.8. The van der Waals surface area contributed by atoms with Gasteiger partial charge in [0.1, 0.15) is 16.7 Å². The fourth-order valence-corrected chi connectivity index (χ4v) is 5.10. The highest BCUT2D eigenvalue weighted by Crippen LogP contribution is 2.31. The molecule has 174 valence electrons. The van der Waals surface area contributed by atoms with E-state index in [4.69, 9.17) is 10.5 Å². The molecule has 0 radical (unpaired) electrons. The summed E-state index contributed by atoms with van der Waals surface area (Å²) in [4.78, 5) is 39.0. The molecule has 1 atom stereocenters. The lowest BCUT2D eigenvalue weighted by atomic mass is 9.93. The highest BCUT2D eigenvalue weighted by atomic mass is 32.1. The molecule has 0 fully saturated rings. The van der Waals surface area contributed by atoms with Crippen molar-refractivity contribution in [1.29, 1.82) is 0 Å². The van der Waals surface area contributed by atoms with E-state index >= 15 is 0 Å². The molecule has 2 aromatic heterocycles. The summed E-state index contributed by atoms with van der Waals surface area (Å²) in [6.45, 7) is 3.74. The minimum Gasteiger partial charge on any atom is -0.388 e. The van der Waals surface area contributed by atoms with Gasteiger partial charge in [-0.3, -0.25) is 10.1 Å². The molecule has 2 heterocycles. The van der Waals surface area contributed by atoms with Crippen molar-refractivity contribution in [2.75, 3.05) is 0 Å². The van der Waals surface area contributed by atoms with Crippen molar-refractivity contribution in [3.05, 3.63) is 70.2 Å². The number of halogens is 1. The SMILES string of the molecule is CC(C)(Cc1ccc(F)cc1)N[C@@H](CCC(N)=O)C(=O)OC(=O)c1ccc(-c2cccs2)s1. The molecule has 9 heteroatoms. The first-order valence-electron chi connectivity index (χ1n) is 10.3. The van der Waals surface area contributed by atoms with Gasteiger partial charge >= 0.3 is 11.9 Å². The monoisotopic (exact) mass is 488 g/mol. The summed E-state index contributed by atoms with van der Waals surface area (Å²) >= 11 is 2.80. The fourth-order valence-electron chi connectivity index (χ4n) is 3.38. The van der Waals surface area contributed by atoms with Crippen molar-refractivity contribution in [2.24, 2.45) is 5.73 Å². The van der Waals surface area contributed by atoms with E-state index in [1.807, 2.05) is 37.4 Å². The summed E-state index contributed by atoms with van der Waals surface area (Å²) in [6.07, 6.45) is 0.519. The van der Waals surface area contributed by atoms with E-state index < -0.39 is 29.4 Å². The second kappa shape index (κ2) is 10.8. The molecule has 1 amide bonds. The van der Waals surface area contributed by atoms with Crippen LogP contribution in [-0.4, -0.2) is 29.4 Å². The van der Waals surface area contributed by atoms with Crippen molar-refractivity contribution >= 4 is 40.5 Å². The quantitative estimate of drug-likeness (QED) is 0.322. The van der Waals surface area contributed by atoms with E-state index in [2.05, 4.69) is 5.32 Å². The maximum Gasteiger partial charge on any atom is 0.356 e. The van der Waals surface area contributed by atoms with Crippen LogP contribution in [0.3, 0.4) is 0 Å². The highest BCUT2D eigenvalue weighted by molar-refractivity contribution is 7.22. The van der Waals surface area contributed by atoms with Crippen molar-refractivity contribution in [3.8, 4) is 9.75 Å². The Kier molecular flexibility index (Phi) is 8.12. The van der Waals surface area contributed by atoms with Gasteiger partial charge in [-0.05, 0) is 68.0 Å². The molecule has 0 saturated carbocycles. The lowest BCUT2D eigenvalue weighted by Gasteiger charge is -2.31. The molecule has 0 aliphatic rings. The summed E-state index contributed by atoms with van der Waals surface area (Å²) in [5.74, 6) is -2.41. The predicted octanol–water partition coefficient (Wildman–Crippen LogP) is 4.54. The Hall–Kier alpha value is -2.88. The van der Waals surface area contributed by atoms with Gasteiger partial charge in [0.25, 0.3) is 0 Å². The van der Waals surface area contributed by atoms with Gasteiger partial charge in [-0.1, -0.05) is 18.2 Å². The Morgan fingerprint density at radius 1 is 1.09 bits per heavy atom. The standard InChI is InChI=1S/C24H25FN2O4S2/c1-24(2,14-15-5-7-16(25)8-6-15)27-17(9-12-21(26)28)22(29)31-23(30)20-11-10-19(33-20)18-4-3-13-32-18/h3-8,10-11,13,17,27H,9,12,14H2,1-2H3,(H2,26,28)/t17-/m0/s1. The summed E-state index contributed by atoms with van der Waals surface area (Å²) in [5, 5.41) is 5.12. The molecule has 6 nitrogen and oxygen atoms in total. The molecule has 1 aromatic carbocycles. The van der Waals surface area contributed by atoms with Gasteiger partial charge in [-0.2, -0.15) is 0 Å². The third-order valence-electron chi connectivity index (χ3n) is 4.85. The van der Waals surface area contributed by atoms with Gasteiger partial charge in [0.15, 0.2) is 0 Å². The third-order valence-corrected chi connectivity index (χ3v) is 6.98. The lowest BCUT2D eigenvalue weighted by Crippen LogP contribution is -2.51. The summed E-state index contributed by atoms with van der Waals surface area (Å²) in [7, 11) is 0. The van der Waals surface area contributed by atoms with Crippen LogP contribution in [-0.2, 0) is 20.7 Å². The smallest absolute Gasteiger partial charge is 0.356 e. The first-order chi connectivity index (χ1) is 15.6. The zero-order valence-electron chi connectivity index (χ0n) is 18.3. The maximum atomic E-state index is 13.2. The van der Waals surface area contributed by atoms with Crippen molar-refractivity contribution < 1.29 is 23.5 Å². The molecule has 33 heavy (non-hydrogen) atoms. The van der Waals surface area contributed by atoms with Gasteiger partial charge < -0.3 is 10.5 Å². The Morgan fingerprint density at radius 3 is 2.45 bits per heavy atom. The largest absolute Gasteiger partial charge is 0.388 e. The second-order valence-electron chi connectivity index (χ2n) is 8.24. The number of amides is 1. The molecule has 0 spiro atoms. The Labute approximate surface area is 199 Å². The molecule has 3 rings (SSSR count). The molecular weight excluding hydrogens is 463 g/mol. The molecular formula is C24H25FN2O4S2. The molecule has 0 saturated heterocycles. The molecule has 3 aromatic rings. The predicted molar refractivity (Wildman–Crippen MR) is 128 cm³/mol. The summed E-state index contributed by atoms with van der Waals surface area (Å²) in [6, 6.07) is 12.5. The second-order valence-corrected chi connectivity index (χ2v) is 10.3. The number of thiophene rings is 2. The van der Waals surface area contributed by atoms with Crippen LogP contribution in [0.5, 0.6) is 0 Å². The van der Waals surface area contributed by atoms with Gasteiger partial charge in [0.2, 0.25) is 5.91 Å². The average molecular weight is 489 g/mol. The molecule has 0 aliphatic carbocycles.